The molecule has 1 aliphatic rings. The van der Waals surface area contributed by atoms with E-state index >= 15 is 0 Å². The fourth-order valence-corrected chi connectivity index (χ4v) is 2.97. The van der Waals surface area contributed by atoms with Crippen LogP contribution in [0, 0.1) is 0 Å². The molecule has 0 spiro atoms. The molecule has 1 saturated carbocycles. The maximum Gasteiger partial charge on any atom is 0.416 e. The Bertz CT molecular complexity index is 378. The van der Waals surface area contributed by atoms with Crippen LogP contribution >= 0.6 is 15.9 Å². The van der Waals surface area contributed by atoms with Crippen molar-refractivity contribution < 1.29 is 13.2 Å². The van der Waals surface area contributed by atoms with Crippen molar-refractivity contribution in [2.75, 3.05) is 0 Å². The minimum absolute atomic E-state index is 0.427. The van der Waals surface area contributed by atoms with E-state index in [1.54, 1.807) is 6.07 Å². The van der Waals surface area contributed by atoms with Crippen molar-refractivity contribution in [3.63, 3.8) is 0 Å². The minimum atomic E-state index is -4.25. The van der Waals surface area contributed by atoms with Gasteiger partial charge in [-0.15, -0.1) is 0 Å². The van der Waals surface area contributed by atoms with E-state index in [4.69, 9.17) is 0 Å². The summed E-state index contributed by atoms with van der Waals surface area (Å²) in [6.45, 7) is 0. The zero-order chi connectivity index (χ0) is 11.8. The number of alkyl halides is 3. The van der Waals surface area contributed by atoms with Crippen molar-refractivity contribution >= 4 is 15.9 Å². The first-order valence-corrected chi connectivity index (χ1v) is 6.14. The maximum absolute atomic E-state index is 12.5. The normalized spacial score (nSPS) is 18.0. The number of halogens is 4. The number of hydrogen-bond donors (Lipinski definition) is 0. The van der Waals surface area contributed by atoms with E-state index in [-0.39, 0.29) is 0 Å². The van der Waals surface area contributed by atoms with Gasteiger partial charge in [-0.25, -0.2) is 0 Å². The second-order valence-electron chi connectivity index (χ2n) is 4.22. The molecular formula is C12H12BrF3. The topological polar surface area (TPSA) is 0 Å². The fourth-order valence-electron chi connectivity index (χ4n) is 2.27. The van der Waals surface area contributed by atoms with Gasteiger partial charge in [-0.05, 0) is 36.5 Å². The van der Waals surface area contributed by atoms with Gasteiger partial charge in [-0.3, -0.25) is 0 Å². The molecule has 0 unspecified atom stereocenters. The highest BCUT2D eigenvalue weighted by Crippen LogP contribution is 2.40. The first-order chi connectivity index (χ1) is 7.48. The smallest absolute Gasteiger partial charge is 0.166 e. The average Bonchev–Trinajstić information content (AvgIpc) is 2.69. The molecule has 1 aromatic rings. The molecule has 1 aliphatic carbocycles. The van der Waals surface area contributed by atoms with Gasteiger partial charge in [0.1, 0.15) is 0 Å². The van der Waals surface area contributed by atoms with Crippen molar-refractivity contribution in [3.05, 3.63) is 33.8 Å². The zero-order valence-corrected chi connectivity index (χ0v) is 10.2. The summed E-state index contributed by atoms with van der Waals surface area (Å²) in [6, 6.07) is 3.98. The molecule has 1 fully saturated rings. The second kappa shape index (κ2) is 4.40. The standard InChI is InChI=1S/C12H12BrF3/c13-11-7-9(12(14,15)16)5-6-10(11)8-3-1-2-4-8/h5-8H,1-4H2. The van der Waals surface area contributed by atoms with Crippen molar-refractivity contribution in [1.82, 2.24) is 0 Å². The van der Waals surface area contributed by atoms with Gasteiger partial charge in [0.2, 0.25) is 0 Å². The first-order valence-electron chi connectivity index (χ1n) is 5.35. The first kappa shape index (κ1) is 12.0. The summed E-state index contributed by atoms with van der Waals surface area (Å²) in [5.74, 6) is 0.427. The minimum Gasteiger partial charge on any atom is -0.166 e. The van der Waals surface area contributed by atoms with Crippen LogP contribution in [0.5, 0.6) is 0 Å². The second-order valence-corrected chi connectivity index (χ2v) is 5.07. The highest BCUT2D eigenvalue weighted by Gasteiger charge is 2.31. The Labute approximate surface area is 101 Å². The zero-order valence-electron chi connectivity index (χ0n) is 8.65. The van der Waals surface area contributed by atoms with Gasteiger partial charge in [0.25, 0.3) is 0 Å². The molecule has 1 aromatic carbocycles. The molecule has 0 saturated heterocycles. The molecule has 0 nitrogen and oxygen atoms in total. The molecule has 0 aromatic heterocycles. The Morgan fingerprint density at radius 3 is 2.25 bits per heavy atom. The Morgan fingerprint density at radius 2 is 1.75 bits per heavy atom. The van der Waals surface area contributed by atoms with Crippen LogP contribution in [-0.2, 0) is 6.18 Å². The highest BCUT2D eigenvalue weighted by molar-refractivity contribution is 9.10. The van der Waals surface area contributed by atoms with E-state index in [2.05, 4.69) is 15.9 Å². The summed E-state index contributed by atoms with van der Waals surface area (Å²) in [4.78, 5) is 0. The lowest BCUT2D eigenvalue weighted by atomic mass is 9.96. The predicted octanol–water partition coefficient (Wildman–Crippen LogP) is 5.13. The van der Waals surface area contributed by atoms with Crippen molar-refractivity contribution in [2.24, 2.45) is 0 Å². The van der Waals surface area contributed by atoms with E-state index in [0.29, 0.717) is 10.4 Å². The summed E-state index contributed by atoms with van der Waals surface area (Å²) in [5, 5.41) is 0. The third kappa shape index (κ3) is 2.42. The molecule has 0 atom stereocenters. The van der Waals surface area contributed by atoms with Crippen molar-refractivity contribution in [1.29, 1.82) is 0 Å². The van der Waals surface area contributed by atoms with E-state index < -0.39 is 11.7 Å². The largest absolute Gasteiger partial charge is 0.416 e. The summed E-state index contributed by atoms with van der Waals surface area (Å²) in [6.07, 6.45) is 0.279. The van der Waals surface area contributed by atoms with Crippen LogP contribution in [0.3, 0.4) is 0 Å². The Balaban J connectivity index is 2.29. The molecule has 16 heavy (non-hydrogen) atoms. The molecule has 0 heterocycles. The summed E-state index contributed by atoms with van der Waals surface area (Å²) in [5.41, 5.74) is 0.437. The van der Waals surface area contributed by atoms with Crippen LogP contribution in [0.2, 0.25) is 0 Å². The number of rotatable bonds is 1. The lowest BCUT2D eigenvalue weighted by molar-refractivity contribution is -0.137. The Kier molecular flexibility index (Phi) is 3.29. The summed E-state index contributed by atoms with van der Waals surface area (Å²) in [7, 11) is 0. The molecule has 4 heteroatoms. The van der Waals surface area contributed by atoms with Crippen molar-refractivity contribution in [3.8, 4) is 0 Å². The van der Waals surface area contributed by atoms with Crippen LogP contribution in [0.15, 0.2) is 22.7 Å². The van der Waals surface area contributed by atoms with Crippen molar-refractivity contribution in [2.45, 2.75) is 37.8 Å². The predicted molar refractivity (Wildman–Crippen MR) is 60.4 cm³/mol. The summed E-state index contributed by atoms with van der Waals surface area (Å²) >= 11 is 3.25. The van der Waals surface area contributed by atoms with E-state index in [9.17, 15) is 13.2 Å². The van der Waals surface area contributed by atoms with Gasteiger partial charge in [-0.1, -0.05) is 34.8 Å². The third-order valence-electron chi connectivity index (χ3n) is 3.12. The lowest BCUT2D eigenvalue weighted by Gasteiger charge is -2.14. The Morgan fingerprint density at radius 1 is 1.12 bits per heavy atom. The van der Waals surface area contributed by atoms with Gasteiger partial charge in [0.15, 0.2) is 0 Å². The fraction of sp³-hybridized carbons (Fsp3) is 0.500. The van der Waals surface area contributed by atoms with Crippen LogP contribution < -0.4 is 0 Å². The van der Waals surface area contributed by atoms with E-state index in [1.165, 1.54) is 25.0 Å². The average molecular weight is 293 g/mol. The van der Waals surface area contributed by atoms with Crippen LogP contribution in [-0.4, -0.2) is 0 Å². The molecule has 0 amide bonds. The lowest BCUT2D eigenvalue weighted by Crippen LogP contribution is -2.05. The summed E-state index contributed by atoms with van der Waals surface area (Å²) < 4.78 is 38.0. The highest BCUT2D eigenvalue weighted by atomic mass is 79.9. The van der Waals surface area contributed by atoms with Gasteiger partial charge < -0.3 is 0 Å². The molecule has 0 radical (unpaired) electrons. The molecular weight excluding hydrogens is 281 g/mol. The molecule has 88 valence electrons. The molecule has 0 bridgehead atoms. The number of hydrogen-bond acceptors (Lipinski definition) is 0. The molecule has 2 rings (SSSR count). The molecule has 0 N–H and O–H groups in total. The molecule has 0 aliphatic heterocycles. The van der Waals surface area contributed by atoms with Gasteiger partial charge in [0, 0.05) is 4.47 Å². The third-order valence-corrected chi connectivity index (χ3v) is 3.81. The number of benzene rings is 1. The van der Waals surface area contributed by atoms with Gasteiger partial charge >= 0.3 is 6.18 Å². The maximum atomic E-state index is 12.5. The van der Waals surface area contributed by atoms with Gasteiger partial charge in [-0.2, -0.15) is 13.2 Å². The van der Waals surface area contributed by atoms with E-state index in [1.807, 2.05) is 0 Å². The quantitative estimate of drug-likeness (QED) is 0.673. The van der Waals surface area contributed by atoms with Crippen LogP contribution in [0.4, 0.5) is 13.2 Å². The SMILES string of the molecule is FC(F)(F)c1ccc(C2CCCC2)c(Br)c1. The Hall–Kier alpha value is -0.510. The van der Waals surface area contributed by atoms with Gasteiger partial charge in [0.05, 0.1) is 5.56 Å². The van der Waals surface area contributed by atoms with Crippen LogP contribution in [0.25, 0.3) is 0 Å². The monoisotopic (exact) mass is 292 g/mol. The van der Waals surface area contributed by atoms with E-state index in [0.717, 1.165) is 18.4 Å². The van der Waals surface area contributed by atoms with Crippen LogP contribution in [0.1, 0.15) is 42.7 Å².